The zero-order valence-corrected chi connectivity index (χ0v) is 39.8. The second kappa shape index (κ2) is 28.2. The van der Waals surface area contributed by atoms with Crippen LogP contribution in [0.2, 0.25) is 0 Å². The van der Waals surface area contributed by atoms with Crippen LogP contribution in [0.3, 0.4) is 0 Å². The van der Waals surface area contributed by atoms with E-state index in [4.69, 9.17) is 62.6 Å². The smallest absolute Gasteiger partial charge is 0.187 e. The predicted octanol–water partition coefficient (Wildman–Crippen LogP) is -12.6. The lowest BCUT2D eigenvalue weighted by molar-refractivity contribution is -0.396. The fourth-order valence-electron chi connectivity index (χ4n) is 9.44. The highest BCUT2D eigenvalue weighted by Gasteiger charge is 2.57. The van der Waals surface area contributed by atoms with E-state index in [9.17, 15) is 97.0 Å². The van der Waals surface area contributed by atoms with Gasteiger partial charge in [0.2, 0.25) is 0 Å². The molecule has 6 aliphatic rings. The molecule has 0 bridgehead atoms. The molecule has 32 nitrogen and oxygen atoms in total. The fraction of sp³-hybridized carbons (Fsp3) is 1.00. The van der Waals surface area contributed by atoms with Gasteiger partial charge < -0.3 is 160 Å². The van der Waals surface area contributed by atoms with Gasteiger partial charge in [0.05, 0.1) is 39.6 Å². The maximum absolute atomic E-state index is 11.3. The lowest BCUT2D eigenvalue weighted by Crippen LogP contribution is -2.68. The Hall–Kier alpha value is -1.28. The number of aliphatic hydroxyl groups is 19. The number of unbranched alkanes of at least 4 members (excludes halogenated alkanes) is 3. The first-order chi connectivity index (χ1) is 35.3. The van der Waals surface area contributed by atoms with E-state index >= 15 is 0 Å². The molecular formula is C42H75NO31. The van der Waals surface area contributed by atoms with E-state index in [0.717, 1.165) is 19.3 Å². The van der Waals surface area contributed by atoms with Crippen LogP contribution < -0.4 is 5.73 Å². The van der Waals surface area contributed by atoms with Crippen LogP contribution >= 0.6 is 0 Å². The molecule has 0 saturated carbocycles. The summed E-state index contributed by atoms with van der Waals surface area (Å²) in [6, 6.07) is 0. The van der Waals surface area contributed by atoms with Gasteiger partial charge in [-0.25, -0.2) is 0 Å². The Labute approximate surface area is 421 Å². The van der Waals surface area contributed by atoms with Crippen molar-refractivity contribution in [2.24, 2.45) is 5.73 Å². The molecule has 6 heterocycles. The average molecular weight is 1090 g/mol. The molecule has 6 fully saturated rings. The number of hydrogen-bond acceptors (Lipinski definition) is 32. The highest BCUT2D eigenvalue weighted by atomic mass is 16.8. The van der Waals surface area contributed by atoms with Crippen LogP contribution in [0.15, 0.2) is 0 Å². The van der Waals surface area contributed by atoms with Gasteiger partial charge in [0.1, 0.15) is 146 Å². The Morgan fingerprint density at radius 1 is 0.270 bits per heavy atom. The second-order valence-electron chi connectivity index (χ2n) is 18.8. The molecule has 30 atom stereocenters. The fourth-order valence-corrected chi connectivity index (χ4v) is 9.44. The third kappa shape index (κ3) is 13.6. The number of nitrogens with two attached hydrogens (primary N) is 1. The largest absolute Gasteiger partial charge is 0.394 e. The molecule has 6 saturated heterocycles. The molecule has 12 unspecified atom stereocenters. The zero-order valence-electron chi connectivity index (χ0n) is 39.8. The van der Waals surface area contributed by atoms with Crippen LogP contribution in [0.4, 0.5) is 0 Å². The van der Waals surface area contributed by atoms with Crippen molar-refractivity contribution < 1.29 is 154 Å². The first-order valence-electron chi connectivity index (χ1n) is 24.3. The molecule has 0 aromatic rings. The van der Waals surface area contributed by atoms with Gasteiger partial charge in [-0.05, 0) is 19.4 Å². The van der Waals surface area contributed by atoms with Gasteiger partial charge in [0, 0.05) is 6.61 Å². The number of aliphatic hydroxyl groups excluding tert-OH is 19. The minimum absolute atomic E-state index is 0.141. The summed E-state index contributed by atoms with van der Waals surface area (Å²) in [7, 11) is 0. The highest BCUT2D eigenvalue weighted by Crippen LogP contribution is 2.37. The van der Waals surface area contributed by atoms with Gasteiger partial charge in [-0.2, -0.15) is 0 Å². The van der Waals surface area contributed by atoms with E-state index in [1.165, 1.54) is 0 Å². The maximum Gasteiger partial charge on any atom is 0.187 e. The minimum atomic E-state index is -2.17. The normalized spacial score (nSPS) is 49.5. The molecule has 0 aromatic heterocycles. The molecule has 0 aromatic carbocycles. The van der Waals surface area contributed by atoms with Crippen molar-refractivity contribution in [3.8, 4) is 0 Å². The Morgan fingerprint density at radius 3 is 0.797 bits per heavy atom. The number of ether oxygens (including phenoxy) is 12. The van der Waals surface area contributed by atoms with Crippen LogP contribution in [-0.4, -0.2) is 334 Å². The molecule has 434 valence electrons. The topological polar surface area (TPSA) is 521 Å². The van der Waals surface area contributed by atoms with Crippen molar-refractivity contribution in [1.29, 1.82) is 0 Å². The second-order valence-corrected chi connectivity index (χ2v) is 18.8. The molecular weight excluding hydrogens is 1010 g/mol. The molecule has 6 aliphatic heterocycles. The first kappa shape index (κ1) is 61.9. The quantitative estimate of drug-likeness (QED) is 0.0423. The minimum Gasteiger partial charge on any atom is -0.394 e. The molecule has 74 heavy (non-hydrogen) atoms. The number of rotatable bonds is 23. The van der Waals surface area contributed by atoms with E-state index < -0.39 is 224 Å². The van der Waals surface area contributed by atoms with Crippen molar-refractivity contribution in [1.82, 2.24) is 0 Å². The monoisotopic (exact) mass is 1090 g/mol. The third-order valence-corrected chi connectivity index (χ3v) is 13.8. The molecule has 6 rings (SSSR count). The van der Waals surface area contributed by atoms with Crippen LogP contribution in [-0.2, 0) is 56.8 Å². The summed E-state index contributed by atoms with van der Waals surface area (Å²) < 4.78 is 67.3. The summed E-state index contributed by atoms with van der Waals surface area (Å²) in [5.74, 6) is 0. The summed E-state index contributed by atoms with van der Waals surface area (Å²) >= 11 is 0. The van der Waals surface area contributed by atoms with Crippen molar-refractivity contribution in [2.45, 2.75) is 210 Å². The van der Waals surface area contributed by atoms with Crippen LogP contribution in [0, 0.1) is 0 Å². The predicted molar refractivity (Wildman–Crippen MR) is 230 cm³/mol. The summed E-state index contributed by atoms with van der Waals surface area (Å²) in [4.78, 5) is 0. The SMILES string of the molecule is NCCCCCCO[C@@H]1OC(CO)[C@@H](O[C@H]2OC(CO)[C@H](O[C@H]3OC(CO)[C@@H](O[C@@H]4OC(CO)[C@@H](O[C@@H]5OC(CO)[C@@H](O[C@H]6OC(CO)[C@H](O)[C@H](O)C6O)[C@H](O)C5O)[C@H](O)C4O)[C@H](O)C3O)[C@H](O)C2O)[C@H](O)C1O. The molecule has 0 spiro atoms. The number of hydrogen-bond donors (Lipinski definition) is 20. The van der Waals surface area contributed by atoms with Crippen LogP contribution in [0.5, 0.6) is 0 Å². The van der Waals surface area contributed by atoms with E-state index in [-0.39, 0.29) is 6.61 Å². The summed E-state index contributed by atoms with van der Waals surface area (Å²) in [6.07, 6.45) is -52.3. The van der Waals surface area contributed by atoms with Crippen molar-refractivity contribution in [3.05, 3.63) is 0 Å². The average Bonchev–Trinajstić information content (AvgIpc) is 3.39. The van der Waals surface area contributed by atoms with E-state index in [2.05, 4.69) is 0 Å². The van der Waals surface area contributed by atoms with Gasteiger partial charge in [-0.3, -0.25) is 0 Å². The summed E-state index contributed by atoms with van der Waals surface area (Å²) in [5, 5.41) is 202. The standard InChI is InChI=1S/C42H75NO31/c43-5-3-1-2-4-6-63-37-27(58)21(52)32(14(8-45)65-37)71-39-29(60)23(54)34(16(10-47)67-39)73-41-31(62)25(56)36(18(12-49)69-41)74-42-30(61)24(55)35(17(11-48)68-42)72-40-28(59)22(53)33(15(9-46)66-40)70-38-26(57)20(51)19(50)13(7-44)64-38/h13-42,44-62H,1-12,43H2/t13?,14?,15?,16?,17?,18?,19-,20-,21+,22+,23+,24+,25+,26?,27?,28?,29?,30?,31?,32+,33+,34-,35+,36+,37+,38+,39+,40-,41+,42-/m0/s1. The maximum atomic E-state index is 11.3. The summed E-state index contributed by atoms with van der Waals surface area (Å²) in [5.41, 5.74) is 5.50. The lowest BCUT2D eigenvalue weighted by Gasteiger charge is -2.50. The van der Waals surface area contributed by atoms with Gasteiger partial charge in [0.15, 0.2) is 37.7 Å². The highest BCUT2D eigenvalue weighted by molar-refractivity contribution is 5.00. The van der Waals surface area contributed by atoms with Crippen molar-refractivity contribution >= 4 is 0 Å². The third-order valence-electron chi connectivity index (χ3n) is 13.8. The molecule has 0 radical (unpaired) electrons. The van der Waals surface area contributed by atoms with Gasteiger partial charge in [0.25, 0.3) is 0 Å². The molecule has 0 amide bonds. The molecule has 32 heteroatoms. The Balaban J connectivity index is 1.04. The van der Waals surface area contributed by atoms with Gasteiger partial charge in [-0.15, -0.1) is 0 Å². The first-order valence-corrected chi connectivity index (χ1v) is 24.3. The van der Waals surface area contributed by atoms with E-state index in [0.29, 0.717) is 13.0 Å². The van der Waals surface area contributed by atoms with Gasteiger partial charge in [-0.1, -0.05) is 12.8 Å². The zero-order chi connectivity index (χ0) is 54.3. The molecule has 21 N–H and O–H groups in total. The Kier molecular flexibility index (Phi) is 23.6. The van der Waals surface area contributed by atoms with Crippen molar-refractivity contribution in [2.75, 3.05) is 52.8 Å². The van der Waals surface area contributed by atoms with Gasteiger partial charge >= 0.3 is 0 Å². The van der Waals surface area contributed by atoms with Crippen molar-refractivity contribution in [3.63, 3.8) is 0 Å². The van der Waals surface area contributed by atoms with Crippen LogP contribution in [0.1, 0.15) is 25.7 Å². The van der Waals surface area contributed by atoms with E-state index in [1.54, 1.807) is 0 Å². The Morgan fingerprint density at radius 2 is 0.514 bits per heavy atom. The summed E-state index contributed by atoms with van der Waals surface area (Å²) in [6.45, 7) is -4.89. The Bertz CT molecular complexity index is 1630. The molecule has 0 aliphatic carbocycles. The van der Waals surface area contributed by atoms with Crippen LogP contribution in [0.25, 0.3) is 0 Å². The van der Waals surface area contributed by atoms with E-state index in [1.807, 2.05) is 0 Å². The lowest BCUT2D eigenvalue weighted by atomic mass is 9.95.